The first-order valence-corrected chi connectivity index (χ1v) is 5.39. The van der Waals surface area contributed by atoms with Crippen LogP contribution >= 0.6 is 0 Å². The maximum absolute atomic E-state index is 11.1. The van der Waals surface area contributed by atoms with Crippen LogP contribution in [0.25, 0.3) is 0 Å². The first-order chi connectivity index (χ1) is 6.13. The summed E-state index contributed by atoms with van der Waals surface area (Å²) in [5.41, 5.74) is 0. The topological polar surface area (TPSA) is 20.3 Å². The molecular formula is C11H21NO. The molecule has 76 valence electrons. The van der Waals surface area contributed by atoms with E-state index in [2.05, 4.69) is 25.7 Å². The van der Waals surface area contributed by atoms with Crippen molar-refractivity contribution in [2.45, 2.75) is 46.1 Å². The van der Waals surface area contributed by atoms with Gasteiger partial charge in [0.2, 0.25) is 0 Å². The molecule has 0 aromatic rings. The van der Waals surface area contributed by atoms with Crippen LogP contribution in [0, 0.1) is 5.92 Å². The van der Waals surface area contributed by atoms with Crippen LogP contribution in [0.15, 0.2) is 0 Å². The van der Waals surface area contributed by atoms with Crippen LogP contribution in [-0.2, 0) is 4.79 Å². The van der Waals surface area contributed by atoms with E-state index in [4.69, 9.17) is 0 Å². The van der Waals surface area contributed by atoms with E-state index < -0.39 is 0 Å². The van der Waals surface area contributed by atoms with Gasteiger partial charge in [-0.2, -0.15) is 0 Å². The van der Waals surface area contributed by atoms with Gasteiger partial charge in [-0.3, -0.25) is 9.69 Å². The van der Waals surface area contributed by atoms with Gasteiger partial charge in [0.15, 0.2) is 0 Å². The second-order valence-electron chi connectivity index (χ2n) is 4.36. The van der Waals surface area contributed by atoms with Crippen LogP contribution in [0.4, 0.5) is 0 Å². The second-order valence-corrected chi connectivity index (χ2v) is 4.36. The molecule has 2 nitrogen and oxygen atoms in total. The molecule has 0 amide bonds. The maximum atomic E-state index is 11.1. The van der Waals surface area contributed by atoms with Gasteiger partial charge in [0, 0.05) is 19.0 Å². The average molecular weight is 183 g/mol. The monoisotopic (exact) mass is 183 g/mol. The van der Waals surface area contributed by atoms with Gasteiger partial charge >= 0.3 is 0 Å². The lowest BCUT2D eigenvalue weighted by molar-refractivity contribution is -0.117. The molecule has 1 fully saturated rings. The standard InChI is InChI=1S/C11H21NO/c1-4-9(2)7-10(3)12-6-5-11(13)8-12/h9-10H,4-8H2,1-3H3. The van der Waals surface area contributed by atoms with Crippen molar-refractivity contribution in [2.75, 3.05) is 13.1 Å². The first kappa shape index (κ1) is 10.7. The van der Waals surface area contributed by atoms with Crippen LogP contribution in [0.5, 0.6) is 0 Å². The molecule has 2 unspecified atom stereocenters. The summed E-state index contributed by atoms with van der Waals surface area (Å²) in [5.74, 6) is 1.20. The van der Waals surface area contributed by atoms with Gasteiger partial charge in [0.1, 0.15) is 5.78 Å². The summed E-state index contributed by atoms with van der Waals surface area (Å²) in [6.45, 7) is 8.43. The fourth-order valence-corrected chi connectivity index (χ4v) is 1.93. The first-order valence-electron chi connectivity index (χ1n) is 5.39. The van der Waals surface area contributed by atoms with E-state index in [-0.39, 0.29) is 0 Å². The molecule has 0 saturated carbocycles. The number of nitrogens with zero attached hydrogens (tertiary/aromatic N) is 1. The number of carbonyl (C=O) groups excluding carboxylic acids is 1. The fourth-order valence-electron chi connectivity index (χ4n) is 1.93. The van der Waals surface area contributed by atoms with E-state index >= 15 is 0 Å². The number of Topliss-reactive ketones (excluding diaryl/α,β-unsaturated/α-hetero) is 1. The van der Waals surface area contributed by atoms with Crippen molar-refractivity contribution in [3.63, 3.8) is 0 Å². The van der Waals surface area contributed by atoms with Crippen molar-refractivity contribution in [1.29, 1.82) is 0 Å². The third kappa shape index (κ3) is 3.11. The second kappa shape index (κ2) is 4.75. The van der Waals surface area contributed by atoms with E-state index in [0.717, 1.165) is 18.9 Å². The minimum Gasteiger partial charge on any atom is -0.298 e. The van der Waals surface area contributed by atoms with Crippen LogP contribution in [0.3, 0.4) is 0 Å². The Morgan fingerprint density at radius 3 is 2.62 bits per heavy atom. The molecule has 0 aromatic heterocycles. The van der Waals surface area contributed by atoms with Gasteiger partial charge < -0.3 is 0 Å². The number of rotatable bonds is 4. The highest BCUT2D eigenvalue weighted by Crippen LogP contribution is 2.17. The van der Waals surface area contributed by atoms with Crippen molar-refractivity contribution in [3.8, 4) is 0 Å². The molecule has 1 aliphatic heterocycles. The molecule has 0 aliphatic carbocycles. The van der Waals surface area contributed by atoms with Gasteiger partial charge in [-0.25, -0.2) is 0 Å². The zero-order chi connectivity index (χ0) is 9.84. The summed E-state index contributed by atoms with van der Waals surface area (Å²) in [4.78, 5) is 13.4. The Labute approximate surface area is 81.3 Å². The zero-order valence-corrected chi connectivity index (χ0v) is 9.05. The molecule has 1 rings (SSSR count). The van der Waals surface area contributed by atoms with Gasteiger partial charge in [0.05, 0.1) is 6.54 Å². The van der Waals surface area contributed by atoms with Crippen LogP contribution in [-0.4, -0.2) is 29.8 Å². The Morgan fingerprint density at radius 2 is 2.15 bits per heavy atom. The minimum absolute atomic E-state index is 0.413. The van der Waals surface area contributed by atoms with Crippen molar-refractivity contribution >= 4 is 5.78 Å². The molecule has 0 spiro atoms. The number of carbonyl (C=O) groups is 1. The van der Waals surface area contributed by atoms with Crippen LogP contribution in [0.1, 0.15) is 40.0 Å². The Kier molecular flexibility index (Phi) is 3.91. The number of likely N-dealkylation sites (tertiary alicyclic amines) is 1. The van der Waals surface area contributed by atoms with E-state index in [1.807, 2.05) is 0 Å². The fraction of sp³-hybridized carbons (Fsp3) is 0.909. The predicted octanol–water partition coefficient (Wildman–Crippen LogP) is 2.09. The van der Waals surface area contributed by atoms with Crippen LogP contribution < -0.4 is 0 Å². The molecule has 0 bridgehead atoms. The normalized spacial score (nSPS) is 23.5. The summed E-state index contributed by atoms with van der Waals surface area (Å²) < 4.78 is 0. The highest BCUT2D eigenvalue weighted by atomic mass is 16.1. The Hall–Kier alpha value is -0.370. The molecule has 2 atom stereocenters. The van der Waals surface area contributed by atoms with E-state index in [1.54, 1.807) is 0 Å². The number of hydrogen-bond acceptors (Lipinski definition) is 2. The summed E-state index contributed by atoms with van der Waals surface area (Å²) in [6.07, 6.45) is 3.24. The molecule has 0 radical (unpaired) electrons. The third-order valence-corrected chi connectivity index (χ3v) is 3.12. The summed E-state index contributed by atoms with van der Waals surface area (Å²) in [7, 11) is 0. The maximum Gasteiger partial charge on any atom is 0.148 e. The molecule has 0 aromatic carbocycles. The SMILES string of the molecule is CCC(C)CC(C)N1CCC(=O)C1. The zero-order valence-electron chi connectivity index (χ0n) is 9.05. The molecule has 1 saturated heterocycles. The molecule has 1 aliphatic rings. The average Bonchev–Trinajstić information content (AvgIpc) is 2.51. The molecule has 1 heterocycles. The van der Waals surface area contributed by atoms with E-state index in [1.165, 1.54) is 12.8 Å². The quantitative estimate of drug-likeness (QED) is 0.665. The largest absolute Gasteiger partial charge is 0.298 e. The third-order valence-electron chi connectivity index (χ3n) is 3.12. The van der Waals surface area contributed by atoms with E-state index in [9.17, 15) is 4.79 Å². The van der Waals surface area contributed by atoms with Crippen molar-refractivity contribution in [2.24, 2.45) is 5.92 Å². The molecular weight excluding hydrogens is 162 g/mol. The minimum atomic E-state index is 0.413. The lowest BCUT2D eigenvalue weighted by Gasteiger charge is -2.25. The van der Waals surface area contributed by atoms with Gasteiger partial charge in [-0.05, 0) is 19.3 Å². The summed E-state index contributed by atoms with van der Waals surface area (Å²) in [5, 5.41) is 0. The Morgan fingerprint density at radius 1 is 1.46 bits per heavy atom. The molecule has 0 N–H and O–H groups in total. The lowest BCUT2D eigenvalue weighted by Crippen LogP contribution is -2.32. The number of hydrogen-bond donors (Lipinski definition) is 0. The number of ketones is 1. The predicted molar refractivity (Wildman–Crippen MR) is 54.7 cm³/mol. The highest BCUT2D eigenvalue weighted by Gasteiger charge is 2.24. The Bertz CT molecular complexity index is 179. The molecule has 13 heavy (non-hydrogen) atoms. The van der Waals surface area contributed by atoms with Crippen molar-refractivity contribution < 1.29 is 4.79 Å². The van der Waals surface area contributed by atoms with Crippen molar-refractivity contribution in [1.82, 2.24) is 4.90 Å². The smallest absolute Gasteiger partial charge is 0.148 e. The van der Waals surface area contributed by atoms with Gasteiger partial charge in [-0.15, -0.1) is 0 Å². The highest BCUT2D eigenvalue weighted by molar-refractivity contribution is 5.82. The Balaban J connectivity index is 2.31. The molecule has 2 heteroatoms. The summed E-state index contributed by atoms with van der Waals surface area (Å²) >= 11 is 0. The van der Waals surface area contributed by atoms with Crippen molar-refractivity contribution in [3.05, 3.63) is 0 Å². The van der Waals surface area contributed by atoms with Gasteiger partial charge in [0.25, 0.3) is 0 Å². The lowest BCUT2D eigenvalue weighted by atomic mass is 10.00. The van der Waals surface area contributed by atoms with E-state index in [0.29, 0.717) is 18.4 Å². The van der Waals surface area contributed by atoms with Gasteiger partial charge in [-0.1, -0.05) is 20.3 Å². The van der Waals surface area contributed by atoms with Crippen LogP contribution in [0.2, 0.25) is 0 Å². The summed E-state index contributed by atoms with van der Waals surface area (Å²) in [6, 6.07) is 0.585.